The van der Waals surface area contributed by atoms with Crippen LogP contribution in [0.4, 0.5) is 23.2 Å². The van der Waals surface area contributed by atoms with Crippen LogP contribution in [0.15, 0.2) is 36.4 Å². The number of halogens is 5. The minimum Gasteiger partial charge on any atom is -0.489 e. The lowest BCUT2D eigenvalue weighted by Crippen LogP contribution is -2.38. The van der Waals surface area contributed by atoms with E-state index in [9.17, 15) is 26.6 Å². The third-order valence-corrected chi connectivity index (χ3v) is 5.57. The van der Waals surface area contributed by atoms with Gasteiger partial charge in [0, 0.05) is 43.9 Å². The molecule has 1 unspecified atom stereocenters. The second-order valence-corrected chi connectivity index (χ2v) is 8.52. The molecule has 1 N–H and O–H groups in total. The number of benzene rings is 2. The monoisotopic (exact) mass is 478 g/mol. The van der Waals surface area contributed by atoms with Crippen LogP contribution in [0, 0.1) is 5.82 Å². The van der Waals surface area contributed by atoms with E-state index in [1.54, 1.807) is 0 Å². The quantitative estimate of drug-likeness (QED) is 0.640. The number of ether oxygens (including phenoxy) is 1. The van der Waals surface area contributed by atoms with Gasteiger partial charge in [0.15, 0.2) is 0 Å². The molecule has 1 aliphatic rings. The first-order valence-corrected chi connectivity index (χ1v) is 11.2. The van der Waals surface area contributed by atoms with Crippen molar-refractivity contribution in [3.8, 4) is 5.75 Å². The van der Waals surface area contributed by atoms with Crippen molar-refractivity contribution < 1.29 is 31.3 Å². The van der Waals surface area contributed by atoms with E-state index in [2.05, 4.69) is 4.72 Å². The molecule has 0 aliphatic carbocycles. The number of hydrogen-bond acceptors (Lipinski definition) is 4. The second-order valence-electron chi connectivity index (χ2n) is 7.00. The van der Waals surface area contributed by atoms with Gasteiger partial charge in [0.05, 0.1) is 16.1 Å². The number of alkyl halides is 3. The summed E-state index contributed by atoms with van der Waals surface area (Å²) in [6.45, 7) is 1.08. The van der Waals surface area contributed by atoms with Crippen molar-refractivity contribution in [1.29, 1.82) is 0 Å². The molecule has 2 aromatic carbocycles. The minimum atomic E-state index is -4.38. The highest BCUT2D eigenvalue weighted by molar-refractivity contribution is 7.82. The molecule has 1 amide bonds. The molecule has 1 aliphatic heterocycles. The zero-order valence-electron chi connectivity index (χ0n) is 16.3. The van der Waals surface area contributed by atoms with E-state index < -0.39 is 34.4 Å². The molecule has 3 rings (SSSR count). The second kappa shape index (κ2) is 9.44. The normalized spacial score (nSPS) is 16.1. The van der Waals surface area contributed by atoms with Crippen LogP contribution in [0.1, 0.15) is 28.8 Å². The third-order valence-electron chi connectivity index (χ3n) is 4.80. The van der Waals surface area contributed by atoms with Gasteiger partial charge in [0.1, 0.15) is 28.7 Å². The minimum absolute atomic E-state index is 0.0404. The Hall–Kier alpha value is -2.33. The number of nitrogens with one attached hydrogen (secondary N) is 1. The van der Waals surface area contributed by atoms with E-state index in [0.717, 1.165) is 24.3 Å². The molecule has 0 saturated carbocycles. The molecule has 2 aromatic rings. The fourth-order valence-corrected chi connectivity index (χ4v) is 3.83. The summed E-state index contributed by atoms with van der Waals surface area (Å²) in [6.07, 6.45) is -2.30. The Balaban J connectivity index is 1.61. The van der Waals surface area contributed by atoms with Crippen LogP contribution in [-0.2, 0) is 17.2 Å². The molecule has 168 valence electrons. The summed E-state index contributed by atoms with van der Waals surface area (Å²) in [5.74, 6) is -1.62. The molecule has 1 saturated heterocycles. The summed E-state index contributed by atoms with van der Waals surface area (Å²) in [5, 5.41) is 0.0404. The molecule has 0 spiro atoms. The van der Waals surface area contributed by atoms with E-state index in [1.165, 1.54) is 18.4 Å². The van der Waals surface area contributed by atoms with Crippen molar-refractivity contribution in [3.63, 3.8) is 0 Å². The van der Waals surface area contributed by atoms with Crippen LogP contribution in [0.5, 0.6) is 5.75 Å². The lowest BCUT2D eigenvalue weighted by molar-refractivity contribution is -0.137. The maximum absolute atomic E-state index is 14.3. The maximum Gasteiger partial charge on any atom is 0.416 e. The van der Waals surface area contributed by atoms with Crippen LogP contribution in [-0.4, -0.2) is 35.6 Å². The van der Waals surface area contributed by atoms with Crippen LogP contribution in [0.3, 0.4) is 0 Å². The fraction of sp³-hybridized carbons (Fsp3) is 0.350. The predicted octanol–water partition coefficient (Wildman–Crippen LogP) is 4.57. The first-order valence-electron chi connectivity index (χ1n) is 9.27. The zero-order valence-corrected chi connectivity index (χ0v) is 17.9. The van der Waals surface area contributed by atoms with Crippen molar-refractivity contribution in [2.24, 2.45) is 0 Å². The van der Waals surface area contributed by atoms with Gasteiger partial charge in [-0.15, -0.1) is 0 Å². The summed E-state index contributed by atoms with van der Waals surface area (Å²) in [6, 6.07) is 7.09. The molecule has 0 bridgehead atoms. The van der Waals surface area contributed by atoms with Crippen LogP contribution < -0.4 is 14.4 Å². The number of anilines is 1. The predicted molar refractivity (Wildman–Crippen MR) is 110 cm³/mol. The lowest BCUT2D eigenvalue weighted by atomic mass is 10.1. The largest absolute Gasteiger partial charge is 0.489 e. The van der Waals surface area contributed by atoms with Gasteiger partial charge in [0.25, 0.3) is 5.91 Å². The van der Waals surface area contributed by atoms with Gasteiger partial charge in [-0.25, -0.2) is 8.60 Å². The Morgan fingerprint density at radius 2 is 1.81 bits per heavy atom. The van der Waals surface area contributed by atoms with Gasteiger partial charge in [0.2, 0.25) is 0 Å². The molecular weight excluding hydrogens is 460 g/mol. The maximum atomic E-state index is 14.3. The summed E-state index contributed by atoms with van der Waals surface area (Å²) in [4.78, 5) is 13.8. The van der Waals surface area contributed by atoms with Crippen LogP contribution in [0.2, 0.25) is 5.02 Å². The lowest BCUT2D eigenvalue weighted by Gasteiger charge is -2.34. The Labute approximate surface area is 183 Å². The van der Waals surface area contributed by atoms with Gasteiger partial charge in [-0.3, -0.25) is 9.52 Å². The highest BCUT2D eigenvalue weighted by atomic mass is 35.5. The van der Waals surface area contributed by atoms with Gasteiger partial charge < -0.3 is 9.64 Å². The van der Waals surface area contributed by atoms with Crippen molar-refractivity contribution >= 4 is 34.2 Å². The van der Waals surface area contributed by atoms with Gasteiger partial charge in [-0.2, -0.15) is 13.2 Å². The van der Waals surface area contributed by atoms with Crippen LogP contribution >= 0.6 is 11.6 Å². The Bertz CT molecular complexity index is 978. The SMILES string of the molecule is CS(=O)NC(=O)c1cc(Cl)c(OC2CCN(c3ccc(C(F)(F)F)cc3)CC2)cc1F. The number of amides is 1. The molecule has 1 fully saturated rings. The number of carbonyl (C=O) groups is 1. The van der Waals surface area contributed by atoms with Crippen molar-refractivity contribution in [1.82, 2.24) is 4.72 Å². The first-order chi connectivity index (χ1) is 14.5. The van der Waals surface area contributed by atoms with Crippen LogP contribution in [0.25, 0.3) is 0 Å². The van der Waals surface area contributed by atoms with Gasteiger partial charge in [-0.05, 0) is 30.3 Å². The van der Waals surface area contributed by atoms with Gasteiger partial charge >= 0.3 is 6.18 Å². The molecule has 1 atom stereocenters. The highest BCUT2D eigenvalue weighted by Gasteiger charge is 2.30. The highest BCUT2D eigenvalue weighted by Crippen LogP contribution is 2.33. The number of hydrogen-bond donors (Lipinski definition) is 1. The van der Waals surface area contributed by atoms with Crippen molar-refractivity contribution in [3.05, 3.63) is 58.4 Å². The first kappa shape index (κ1) is 23.3. The molecule has 5 nitrogen and oxygen atoms in total. The van der Waals surface area contributed by atoms with Crippen molar-refractivity contribution in [2.45, 2.75) is 25.1 Å². The summed E-state index contributed by atoms with van der Waals surface area (Å²) < 4.78 is 71.4. The molecule has 0 aromatic heterocycles. The van der Waals surface area contributed by atoms with Crippen molar-refractivity contribution in [2.75, 3.05) is 24.2 Å². The Morgan fingerprint density at radius 3 is 2.35 bits per heavy atom. The van der Waals surface area contributed by atoms with E-state index >= 15 is 0 Å². The third kappa shape index (κ3) is 5.88. The number of piperidine rings is 1. The number of carbonyl (C=O) groups excluding carboxylic acids is 1. The molecule has 31 heavy (non-hydrogen) atoms. The topological polar surface area (TPSA) is 58.6 Å². The summed E-state index contributed by atoms with van der Waals surface area (Å²) in [5.41, 5.74) is -0.364. The van der Waals surface area contributed by atoms with E-state index in [1.807, 2.05) is 4.90 Å². The average Bonchev–Trinajstić information content (AvgIpc) is 2.70. The van der Waals surface area contributed by atoms with E-state index in [0.29, 0.717) is 31.6 Å². The number of nitrogens with zero attached hydrogens (tertiary/aromatic N) is 1. The van der Waals surface area contributed by atoms with E-state index in [4.69, 9.17) is 16.3 Å². The standard InChI is InChI=1S/C20H19ClF4N2O3S/c1-31(29)26-19(28)15-10-16(21)18(11-17(15)22)30-14-6-8-27(9-7-14)13-4-2-12(3-5-13)20(23,24)25/h2-5,10-11,14H,6-9H2,1H3,(H,26,28). The zero-order chi connectivity index (χ0) is 22.8. The molecule has 1 heterocycles. The van der Waals surface area contributed by atoms with Gasteiger partial charge in [-0.1, -0.05) is 11.6 Å². The summed E-state index contributed by atoms with van der Waals surface area (Å²) >= 11 is 6.13. The fourth-order valence-electron chi connectivity index (χ4n) is 3.25. The summed E-state index contributed by atoms with van der Waals surface area (Å²) in [7, 11) is -1.65. The molecule has 11 heteroatoms. The molecule has 0 radical (unpaired) electrons. The van der Waals surface area contributed by atoms with E-state index in [-0.39, 0.29) is 22.4 Å². The number of rotatable bonds is 5. The Kier molecular flexibility index (Phi) is 7.10. The average molecular weight is 479 g/mol. The molecular formula is C20H19ClF4N2O3S. The smallest absolute Gasteiger partial charge is 0.416 e. The Morgan fingerprint density at radius 1 is 1.19 bits per heavy atom.